The van der Waals surface area contributed by atoms with E-state index < -0.39 is 0 Å². The maximum Gasteiger partial charge on any atom is 0.178 e. The molecule has 0 radical (unpaired) electrons. The van der Waals surface area contributed by atoms with E-state index in [9.17, 15) is 5.21 Å². The van der Waals surface area contributed by atoms with E-state index in [-0.39, 0.29) is 6.61 Å². The van der Waals surface area contributed by atoms with E-state index in [4.69, 9.17) is 5.11 Å². The van der Waals surface area contributed by atoms with Gasteiger partial charge in [0, 0.05) is 18.6 Å². The molecular formula is C14H21NO2. The van der Waals surface area contributed by atoms with E-state index in [2.05, 4.69) is 0 Å². The molecule has 0 fully saturated rings. The summed E-state index contributed by atoms with van der Waals surface area (Å²) in [6.45, 7) is 0.697. The summed E-state index contributed by atoms with van der Waals surface area (Å²) in [5, 5.41) is 20.1. The SMILES string of the molecule is [O-]/[N+](=C\CCCCCCO)Cc1ccccc1. The molecule has 3 heteroatoms. The van der Waals surface area contributed by atoms with Crippen LogP contribution < -0.4 is 0 Å². The van der Waals surface area contributed by atoms with Gasteiger partial charge in [-0.05, 0) is 12.8 Å². The quantitative estimate of drug-likeness (QED) is 0.247. The van der Waals surface area contributed by atoms with Crippen LogP contribution in [0.2, 0.25) is 0 Å². The minimum atomic E-state index is 0.269. The molecule has 94 valence electrons. The zero-order valence-electron chi connectivity index (χ0n) is 10.2. The molecule has 0 saturated carbocycles. The average Bonchev–Trinajstić information content (AvgIpc) is 2.35. The summed E-state index contributed by atoms with van der Waals surface area (Å²) in [5.41, 5.74) is 1.04. The lowest BCUT2D eigenvalue weighted by Crippen LogP contribution is -2.04. The molecular weight excluding hydrogens is 214 g/mol. The molecule has 0 bridgehead atoms. The number of aliphatic hydroxyl groups is 1. The Balaban J connectivity index is 2.17. The monoisotopic (exact) mass is 235 g/mol. The van der Waals surface area contributed by atoms with Crippen molar-refractivity contribution in [2.75, 3.05) is 6.61 Å². The molecule has 0 spiro atoms. The zero-order valence-corrected chi connectivity index (χ0v) is 10.2. The standard InChI is InChI=1S/C14H21NO2/c16-12-8-3-1-2-7-11-15(17)13-14-9-5-4-6-10-14/h4-6,9-11,16H,1-3,7-8,12-13H2/b15-11-. The van der Waals surface area contributed by atoms with Gasteiger partial charge < -0.3 is 10.3 Å². The molecule has 0 aromatic heterocycles. The average molecular weight is 235 g/mol. The van der Waals surface area contributed by atoms with Gasteiger partial charge in [-0.1, -0.05) is 43.2 Å². The van der Waals surface area contributed by atoms with Crippen molar-refractivity contribution in [2.45, 2.75) is 38.6 Å². The van der Waals surface area contributed by atoms with Crippen molar-refractivity contribution in [3.63, 3.8) is 0 Å². The minimum absolute atomic E-state index is 0.269. The molecule has 1 aromatic carbocycles. The largest absolute Gasteiger partial charge is 0.624 e. The first-order valence-corrected chi connectivity index (χ1v) is 6.25. The number of hydrogen-bond acceptors (Lipinski definition) is 2. The third-order valence-electron chi connectivity index (χ3n) is 2.63. The molecule has 0 aliphatic carbocycles. The van der Waals surface area contributed by atoms with E-state index in [1.54, 1.807) is 6.21 Å². The summed E-state index contributed by atoms with van der Waals surface area (Å²) in [6.07, 6.45) is 6.55. The van der Waals surface area contributed by atoms with Crippen molar-refractivity contribution in [1.82, 2.24) is 0 Å². The van der Waals surface area contributed by atoms with Crippen molar-refractivity contribution < 1.29 is 9.85 Å². The Morgan fingerprint density at radius 3 is 2.47 bits per heavy atom. The Morgan fingerprint density at radius 2 is 1.76 bits per heavy atom. The second kappa shape index (κ2) is 8.76. The van der Waals surface area contributed by atoms with E-state index in [0.717, 1.165) is 42.4 Å². The maximum atomic E-state index is 11.5. The number of hydrogen-bond donors (Lipinski definition) is 1. The highest BCUT2D eigenvalue weighted by Crippen LogP contribution is 2.02. The van der Waals surface area contributed by atoms with Gasteiger partial charge in [0.25, 0.3) is 0 Å². The van der Waals surface area contributed by atoms with Crippen LogP contribution in [0, 0.1) is 5.21 Å². The van der Waals surface area contributed by atoms with Crippen LogP contribution >= 0.6 is 0 Å². The third-order valence-corrected chi connectivity index (χ3v) is 2.63. The predicted octanol–water partition coefficient (Wildman–Crippen LogP) is 2.71. The van der Waals surface area contributed by atoms with E-state index in [1.165, 1.54) is 0 Å². The van der Waals surface area contributed by atoms with Crippen molar-refractivity contribution in [3.8, 4) is 0 Å². The number of benzene rings is 1. The highest BCUT2D eigenvalue weighted by molar-refractivity contribution is 5.51. The molecule has 0 aliphatic rings. The normalized spacial score (nSPS) is 11.7. The van der Waals surface area contributed by atoms with Gasteiger partial charge in [-0.2, -0.15) is 0 Å². The van der Waals surface area contributed by atoms with Crippen molar-refractivity contribution in [3.05, 3.63) is 41.1 Å². The lowest BCUT2D eigenvalue weighted by molar-refractivity contribution is -0.471. The Labute approximate surface area is 103 Å². The Bertz CT molecular complexity index is 322. The Hall–Kier alpha value is -1.35. The molecule has 0 heterocycles. The summed E-state index contributed by atoms with van der Waals surface area (Å²) in [6, 6.07) is 9.75. The number of rotatable bonds is 8. The number of hydroxylamine groups is 1. The first-order valence-electron chi connectivity index (χ1n) is 6.25. The second-order valence-electron chi connectivity index (χ2n) is 4.17. The summed E-state index contributed by atoms with van der Waals surface area (Å²) in [5.74, 6) is 0. The zero-order chi connectivity index (χ0) is 12.3. The van der Waals surface area contributed by atoms with Crippen LogP contribution in [-0.4, -0.2) is 22.7 Å². The highest BCUT2D eigenvalue weighted by atomic mass is 16.5. The molecule has 17 heavy (non-hydrogen) atoms. The topological polar surface area (TPSA) is 46.3 Å². The summed E-state index contributed by atoms with van der Waals surface area (Å²) >= 11 is 0. The van der Waals surface area contributed by atoms with Gasteiger partial charge in [-0.15, -0.1) is 0 Å². The van der Waals surface area contributed by atoms with Gasteiger partial charge in [-0.25, -0.2) is 4.74 Å². The summed E-state index contributed by atoms with van der Waals surface area (Å²) in [7, 11) is 0. The number of aliphatic hydroxyl groups excluding tert-OH is 1. The fraction of sp³-hybridized carbons (Fsp3) is 0.500. The number of nitrogens with zero attached hydrogens (tertiary/aromatic N) is 1. The summed E-state index contributed by atoms with van der Waals surface area (Å²) < 4.78 is 1.00. The van der Waals surface area contributed by atoms with Crippen molar-refractivity contribution in [2.24, 2.45) is 0 Å². The van der Waals surface area contributed by atoms with Gasteiger partial charge in [-0.3, -0.25) is 0 Å². The highest BCUT2D eigenvalue weighted by Gasteiger charge is 1.96. The van der Waals surface area contributed by atoms with Gasteiger partial charge in [0.15, 0.2) is 12.8 Å². The second-order valence-corrected chi connectivity index (χ2v) is 4.17. The Morgan fingerprint density at radius 1 is 1.06 bits per heavy atom. The van der Waals surface area contributed by atoms with Crippen molar-refractivity contribution >= 4 is 6.21 Å². The molecule has 1 N–H and O–H groups in total. The predicted molar refractivity (Wildman–Crippen MR) is 70.0 cm³/mol. The van der Waals surface area contributed by atoms with Crippen LogP contribution in [0.3, 0.4) is 0 Å². The Kier molecular flexibility index (Phi) is 7.07. The molecule has 0 amide bonds. The lowest BCUT2D eigenvalue weighted by atomic mass is 10.1. The number of unbranched alkanes of at least 4 members (excludes halogenated alkanes) is 4. The van der Waals surface area contributed by atoms with E-state index in [0.29, 0.717) is 6.54 Å². The van der Waals surface area contributed by atoms with Crippen LogP contribution in [0.25, 0.3) is 0 Å². The molecule has 0 aliphatic heterocycles. The lowest BCUT2D eigenvalue weighted by Gasteiger charge is -2.04. The van der Waals surface area contributed by atoms with Gasteiger partial charge >= 0.3 is 0 Å². The molecule has 1 aromatic rings. The fourth-order valence-electron chi connectivity index (χ4n) is 1.67. The van der Waals surface area contributed by atoms with Crippen molar-refractivity contribution in [1.29, 1.82) is 0 Å². The van der Waals surface area contributed by atoms with Crippen LogP contribution in [0.5, 0.6) is 0 Å². The van der Waals surface area contributed by atoms with Crippen LogP contribution in [-0.2, 0) is 6.54 Å². The molecule has 3 nitrogen and oxygen atoms in total. The molecule has 1 rings (SSSR count). The van der Waals surface area contributed by atoms with Gasteiger partial charge in [0.2, 0.25) is 0 Å². The first-order chi connectivity index (χ1) is 8.33. The van der Waals surface area contributed by atoms with Crippen LogP contribution in [0.4, 0.5) is 0 Å². The first kappa shape index (κ1) is 13.7. The van der Waals surface area contributed by atoms with Crippen LogP contribution in [0.15, 0.2) is 30.3 Å². The van der Waals surface area contributed by atoms with E-state index >= 15 is 0 Å². The minimum Gasteiger partial charge on any atom is -0.624 e. The smallest absolute Gasteiger partial charge is 0.178 e. The van der Waals surface area contributed by atoms with Crippen LogP contribution in [0.1, 0.15) is 37.7 Å². The summed E-state index contributed by atoms with van der Waals surface area (Å²) in [4.78, 5) is 0. The fourth-order valence-corrected chi connectivity index (χ4v) is 1.67. The van der Waals surface area contributed by atoms with E-state index in [1.807, 2.05) is 30.3 Å². The van der Waals surface area contributed by atoms with Gasteiger partial charge in [0.1, 0.15) is 0 Å². The molecule has 0 saturated heterocycles. The molecule has 0 unspecified atom stereocenters. The third kappa shape index (κ3) is 6.74. The molecule has 0 atom stereocenters. The maximum absolute atomic E-state index is 11.5. The van der Waals surface area contributed by atoms with Gasteiger partial charge in [0.05, 0.1) is 0 Å².